The van der Waals surface area contributed by atoms with E-state index in [9.17, 15) is 0 Å². The van der Waals surface area contributed by atoms with Crippen molar-refractivity contribution < 1.29 is 9.84 Å². The van der Waals surface area contributed by atoms with Crippen LogP contribution in [0.5, 0.6) is 0 Å². The summed E-state index contributed by atoms with van der Waals surface area (Å²) < 4.78 is 5.33. The molecular weight excluding hydrogens is 294 g/mol. The van der Waals surface area contributed by atoms with Crippen molar-refractivity contribution in [2.75, 3.05) is 56.3 Å². The van der Waals surface area contributed by atoms with Crippen LogP contribution in [0.1, 0.15) is 19.3 Å². The van der Waals surface area contributed by atoms with E-state index in [1.807, 2.05) is 11.9 Å². The first-order valence-corrected chi connectivity index (χ1v) is 7.65. The van der Waals surface area contributed by atoms with Gasteiger partial charge in [0, 0.05) is 33.3 Å². The number of nitrogens with zero attached hydrogens (tertiary/aromatic N) is 5. The Labute approximate surface area is 129 Å². The molecule has 1 fully saturated rings. The molecule has 2 rings (SSSR count). The fourth-order valence-corrected chi connectivity index (χ4v) is 2.29. The molecule has 0 saturated carbocycles. The molecule has 1 aliphatic rings. The maximum absolute atomic E-state index is 8.79. The first-order chi connectivity index (χ1) is 10.2. The Balaban J connectivity index is 2.00. The molecule has 0 atom stereocenters. The van der Waals surface area contributed by atoms with Crippen LogP contribution in [0.3, 0.4) is 0 Å². The van der Waals surface area contributed by atoms with Gasteiger partial charge in [-0.25, -0.2) is 0 Å². The van der Waals surface area contributed by atoms with E-state index in [0.717, 1.165) is 38.9 Å². The molecule has 2 heterocycles. The molecule has 0 aliphatic carbocycles. The van der Waals surface area contributed by atoms with Gasteiger partial charge >= 0.3 is 0 Å². The zero-order valence-corrected chi connectivity index (χ0v) is 13.1. The van der Waals surface area contributed by atoms with Crippen LogP contribution in [0.25, 0.3) is 0 Å². The number of anilines is 2. The number of unbranched alkanes of at least 4 members (excludes halogenated alkanes) is 2. The monoisotopic (exact) mass is 315 g/mol. The highest BCUT2D eigenvalue weighted by Gasteiger charge is 2.17. The molecule has 0 unspecified atom stereocenters. The van der Waals surface area contributed by atoms with E-state index < -0.39 is 0 Å². The highest BCUT2D eigenvalue weighted by Crippen LogP contribution is 2.17. The van der Waals surface area contributed by atoms with Crippen LogP contribution in [0.4, 0.5) is 11.9 Å². The Morgan fingerprint density at radius 3 is 2.67 bits per heavy atom. The number of hydrogen-bond acceptors (Lipinski definition) is 7. The zero-order valence-electron chi connectivity index (χ0n) is 12.3. The molecule has 0 amide bonds. The second-order valence-electron chi connectivity index (χ2n) is 5.01. The third-order valence-electron chi connectivity index (χ3n) is 3.37. The van der Waals surface area contributed by atoms with Crippen molar-refractivity contribution in [2.24, 2.45) is 0 Å². The molecule has 0 spiro atoms. The van der Waals surface area contributed by atoms with Crippen molar-refractivity contribution in [2.45, 2.75) is 19.3 Å². The van der Waals surface area contributed by atoms with Crippen molar-refractivity contribution in [1.82, 2.24) is 15.0 Å². The Hall–Kier alpha value is -1.18. The summed E-state index contributed by atoms with van der Waals surface area (Å²) in [7, 11) is 1.94. The van der Waals surface area contributed by atoms with Crippen LogP contribution in [0.15, 0.2) is 0 Å². The van der Waals surface area contributed by atoms with Gasteiger partial charge in [-0.1, -0.05) is 0 Å². The van der Waals surface area contributed by atoms with Crippen molar-refractivity contribution >= 4 is 23.5 Å². The summed E-state index contributed by atoms with van der Waals surface area (Å²) in [5, 5.41) is 9.00. The predicted octanol–water partition coefficient (Wildman–Crippen LogP) is 0.960. The van der Waals surface area contributed by atoms with Gasteiger partial charge in [-0.3, -0.25) is 0 Å². The maximum atomic E-state index is 8.79. The fraction of sp³-hybridized carbons (Fsp3) is 0.769. The van der Waals surface area contributed by atoms with Gasteiger partial charge in [-0.05, 0) is 30.9 Å². The predicted molar refractivity (Wildman–Crippen MR) is 82.1 cm³/mol. The Morgan fingerprint density at radius 1 is 1.19 bits per heavy atom. The van der Waals surface area contributed by atoms with Crippen molar-refractivity contribution in [3.8, 4) is 0 Å². The van der Waals surface area contributed by atoms with Gasteiger partial charge < -0.3 is 19.6 Å². The molecule has 0 radical (unpaired) electrons. The largest absolute Gasteiger partial charge is 0.396 e. The molecule has 118 valence electrons. The topological polar surface area (TPSA) is 74.6 Å². The average molecular weight is 316 g/mol. The number of ether oxygens (including phenoxy) is 1. The van der Waals surface area contributed by atoms with Gasteiger partial charge in [-0.2, -0.15) is 15.0 Å². The van der Waals surface area contributed by atoms with Gasteiger partial charge in [0.1, 0.15) is 0 Å². The molecule has 1 aromatic heterocycles. The SMILES string of the molecule is CN(CCCCCO)c1nc(Cl)nc(N2CCOCC2)n1. The lowest BCUT2D eigenvalue weighted by atomic mass is 10.2. The number of aliphatic hydroxyl groups excluding tert-OH is 1. The minimum absolute atomic E-state index is 0.212. The van der Waals surface area contributed by atoms with E-state index in [2.05, 4.69) is 19.9 Å². The minimum Gasteiger partial charge on any atom is -0.396 e. The van der Waals surface area contributed by atoms with Crippen LogP contribution in [0.2, 0.25) is 5.28 Å². The lowest BCUT2D eigenvalue weighted by Crippen LogP contribution is -2.37. The molecule has 0 aromatic carbocycles. The normalized spacial score (nSPS) is 15.3. The third kappa shape index (κ3) is 4.94. The molecule has 1 N–H and O–H groups in total. The van der Waals surface area contributed by atoms with Crippen LogP contribution in [0, 0.1) is 0 Å². The van der Waals surface area contributed by atoms with Gasteiger partial charge in [-0.15, -0.1) is 0 Å². The number of halogens is 1. The van der Waals surface area contributed by atoms with Crippen LogP contribution >= 0.6 is 11.6 Å². The molecule has 1 aliphatic heterocycles. The highest BCUT2D eigenvalue weighted by atomic mass is 35.5. The molecule has 0 bridgehead atoms. The van der Waals surface area contributed by atoms with Crippen molar-refractivity contribution in [3.05, 3.63) is 5.28 Å². The van der Waals surface area contributed by atoms with Crippen LogP contribution in [-0.2, 0) is 4.74 Å². The second-order valence-corrected chi connectivity index (χ2v) is 5.35. The molecule has 21 heavy (non-hydrogen) atoms. The van der Waals surface area contributed by atoms with Gasteiger partial charge in [0.15, 0.2) is 0 Å². The number of morpholine rings is 1. The summed E-state index contributed by atoms with van der Waals surface area (Å²) in [5.41, 5.74) is 0. The Bertz CT molecular complexity index is 443. The van der Waals surface area contributed by atoms with E-state index in [1.165, 1.54) is 0 Å². The van der Waals surface area contributed by atoms with Crippen LogP contribution in [-0.4, -0.2) is 66.6 Å². The summed E-state index contributed by atoms with van der Waals surface area (Å²) in [6.45, 7) is 3.94. The molecular formula is C13H22ClN5O2. The van der Waals surface area contributed by atoms with Gasteiger partial charge in [0.2, 0.25) is 17.2 Å². The standard InChI is InChI=1S/C13H22ClN5O2/c1-18(5-3-2-4-8-20)12-15-11(14)16-13(17-12)19-6-9-21-10-7-19/h20H,2-10H2,1H3. The van der Waals surface area contributed by atoms with E-state index in [-0.39, 0.29) is 11.9 Å². The lowest BCUT2D eigenvalue weighted by molar-refractivity contribution is 0.122. The number of rotatable bonds is 7. The molecule has 1 aromatic rings. The Morgan fingerprint density at radius 2 is 1.95 bits per heavy atom. The van der Waals surface area contributed by atoms with E-state index >= 15 is 0 Å². The molecule has 1 saturated heterocycles. The first kappa shape index (κ1) is 16.2. The summed E-state index contributed by atoms with van der Waals surface area (Å²) >= 11 is 6.02. The second kappa shape index (κ2) is 8.31. The van der Waals surface area contributed by atoms with Crippen molar-refractivity contribution in [1.29, 1.82) is 0 Å². The van der Waals surface area contributed by atoms with E-state index in [1.54, 1.807) is 0 Å². The third-order valence-corrected chi connectivity index (χ3v) is 3.54. The molecule has 7 nitrogen and oxygen atoms in total. The van der Waals surface area contributed by atoms with Gasteiger partial charge in [0.05, 0.1) is 13.2 Å². The number of aliphatic hydroxyl groups is 1. The zero-order chi connectivity index (χ0) is 15.1. The summed E-state index contributed by atoms with van der Waals surface area (Å²) in [6, 6.07) is 0. The lowest BCUT2D eigenvalue weighted by Gasteiger charge is -2.27. The minimum atomic E-state index is 0.212. The number of hydrogen-bond donors (Lipinski definition) is 1. The first-order valence-electron chi connectivity index (χ1n) is 7.27. The van der Waals surface area contributed by atoms with E-state index in [0.29, 0.717) is 25.1 Å². The maximum Gasteiger partial charge on any atom is 0.231 e. The molecule has 8 heteroatoms. The quantitative estimate of drug-likeness (QED) is 0.751. The summed E-state index contributed by atoms with van der Waals surface area (Å²) in [5.74, 6) is 1.19. The smallest absolute Gasteiger partial charge is 0.231 e. The van der Waals surface area contributed by atoms with Gasteiger partial charge in [0.25, 0.3) is 0 Å². The summed E-state index contributed by atoms with van der Waals surface area (Å²) in [6.07, 6.45) is 2.79. The fourth-order valence-electron chi connectivity index (χ4n) is 2.14. The number of aromatic nitrogens is 3. The van der Waals surface area contributed by atoms with Crippen molar-refractivity contribution in [3.63, 3.8) is 0 Å². The van der Waals surface area contributed by atoms with E-state index in [4.69, 9.17) is 21.4 Å². The van der Waals surface area contributed by atoms with Crippen LogP contribution < -0.4 is 9.80 Å². The highest BCUT2D eigenvalue weighted by molar-refractivity contribution is 6.28. The summed E-state index contributed by atoms with van der Waals surface area (Å²) in [4.78, 5) is 16.9. The average Bonchev–Trinajstić information content (AvgIpc) is 2.51. The Kier molecular flexibility index (Phi) is 6.41.